The van der Waals surface area contributed by atoms with Crippen molar-refractivity contribution in [1.82, 2.24) is 15.3 Å². The van der Waals surface area contributed by atoms with Crippen LogP contribution in [0.4, 0.5) is 5.69 Å². The van der Waals surface area contributed by atoms with Gasteiger partial charge in [0.15, 0.2) is 5.11 Å². The number of anilines is 1. The van der Waals surface area contributed by atoms with E-state index in [1.54, 1.807) is 0 Å². The first-order valence-electron chi connectivity index (χ1n) is 8.05. The highest BCUT2D eigenvalue weighted by Gasteiger charge is 2.41. The molecule has 1 fully saturated rings. The molecule has 126 valence electrons. The summed E-state index contributed by atoms with van der Waals surface area (Å²) < 4.78 is 0. The number of pyridine rings is 1. The van der Waals surface area contributed by atoms with E-state index < -0.39 is 0 Å². The van der Waals surface area contributed by atoms with Crippen molar-refractivity contribution in [2.45, 2.75) is 19.0 Å². The molecular formula is C19H17ClN4S. The SMILES string of the molecule is Cc1ccc([C@H]2[C@@H](c3ccccn3)NC(=S)N2c2ccc(Cl)cc2)[nH]1. The van der Waals surface area contributed by atoms with Gasteiger partial charge in [0, 0.05) is 28.3 Å². The Hall–Kier alpha value is -2.37. The molecule has 25 heavy (non-hydrogen) atoms. The third kappa shape index (κ3) is 3.01. The van der Waals surface area contributed by atoms with E-state index in [1.807, 2.05) is 55.6 Å². The molecule has 1 aliphatic heterocycles. The van der Waals surface area contributed by atoms with Crippen LogP contribution in [0.5, 0.6) is 0 Å². The molecule has 2 atom stereocenters. The van der Waals surface area contributed by atoms with E-state index in [1.165, 1.54) is 0 Å². The number of H-pyrrole nitrogens is 1. The van der Waals surface area contributed by atoms with Gasteiger partial charge in [-0.25, -0.2) is 0 Å². The van der Waals surface area contributed by atoms with Crippen molar-refractivity contribution in [3.05, 3.63) is 82.9 Å². The second-order valence-corrected chi connectivity index (χ2v) is 6.89. The Morgan fingerprint density at radius 3 is 2.52 bits per heavy atom. The number of aromatic nitrogens is 2. The lowest BCUT2D eigenvalue weighted by atomic mass is 10.0. The quantitative estimate of drug-likeness (QED) is 0.666. The predicted molar refractivity (Wildman–Crippen MR) is 105 cm³/mol. The number of nitrogens with one attached hydrogen (secondary N) is 2. The maximum absolute atomic E-state index is 6.05. The summed E-state index contributed by atoms with van der Waals surface area (Å²) in [7, 11) is 0. The zero-order valence-corrected chi connectivity index (χ0v) is 15.2. The van der Waals surface area contributed by atoms with Gasteiger partial charge in [-0.3, -0.25) is 4.98 Å². The molecule has 6 heteroatoms. The highest BCUT2D eigenvalue weighted by atomic mass is 35.5. The minimum Gasteiger partial charge on any atom is -0.361 e. The van der Waals surface area contributed by atoms with Crippen molar-refractivity contribution in [2.24, 2.45) is 0 Å². The fourth-order valence-corrected chi connectivity index (χ4v) is 3.72. The van der Waals surface area contributed by atoms with Gasteiger partial charge < -0.3 is 15.2 Å². The van der Waals surface area contributed by atoms with E-state index in [-0.39, 0.29) is 12.1 Å². The van der Waals surface area contributed by atoms with Crippen molar-refractivity contribution >= 4 is 34.6 Å². The number of rotatable bonds is 3. The molecule has 4 nitrogen and oxygen atoms in total. The lowest BCUT2D eigenvalue weighted by Gasteiger charge is -2.27. The van der Waals surface area contributed by atoms with Crippen LogP contribution in [0.2, 0.25) is 5.02 Å². The summed E-state index contributed by atoms with van der Waals surface area (Å²) >= 11 is 11.7. The van der Waals surface area contributed by atoms with E-state index in [0.717, 1.165) is 22.8 Å². The van der Waals surface area contributed by atoms with E-state index in [0.29, 0.717) is 10.1 Å². The smallest absolute Gasteiger partial charge is 0.174 e. The third-order valence-corrected chi connectivity index (χ3v) is 4.94. The van der Waals surface area contributed by atoms with Gasteiger partial charge in [-0.05, 0) is 67.7 Å². The van der Waals surface area contributed by atoms with Crippen molar-refractivity contribution < 1.29 is 0 Å². The third-order valence-electron chi connectivity index (χ3n) is 4.38. The number of hydrogen-bond acceptors (Lipinski definition) is 2. The van der Waals surface area contributed by atoms with Gasteiger partial charge in [0.2, 0.25) is 0 Å². The first kappa shape index (κ1) is 16.1. The summed E-state index contributed by atoms with van der Waals surface area (Å²) in [6, 6.07) is 17.8. The van der Waals surface area contributed by atoms with Gasteiger partial charge in [-0.2, -0.15) is 0 Å². The molecule has 1 aliphatic rings. The van der Waals surface area contributed by atoms with Crippen LogP contribution in [0.1, 0.15) is 29.2 Å². The fraction of sp³-hybridized carbons (Fsp3) is 0.158. The summed E-state index contributed by atoms with van der Waals surface area (Å²) in [5.41, 5.74) is 4.16. The number of benzene rings is 1. The molecule has 2 N–H and O–H groups in total. The van der Waals surface area contributed by atoms with E-state index in [2.05, 4.69) is 32.3 Å². The van der Waals surface area contributed by atoms with Gasteiger partial charge >= 0.3 is 0 Å². The zero-order chi connectivity index (χ0) is 17.4. The summed E-state index contributed by atoms with van der Waals surface area (Å²) in [5.74, 6) is 0. The molecule has 4 rings (SSSR count). The number of nitrogens with zero attached hydrogens (tertiary/aromatic N) is 2. The number of aromatic amines is 1. The second kappa shape index (κ2) is 6.50. The number of aryl methyl sites for hydroxylation is 1. The average Bonchev–Trinajstić information content (AvgIpc) is 3.20. The lowest BCUT2D eigenvalue weighted by molar-refractivity contribution is 0.558. The fourth-order valence-electron chi connectivity index (χ4n) is 3.25. The van der Waals surface area contributed by atoms with Crippen molar-refractivity contribution in [1.29, 1.82) is 0 Å². The Labute approximate surface area is 156 Å². The highest BCUT2D eigenvalue weighted by molar-refractivity contribution is 7.80. The molecule has 0 bridgehead atoms. The monoisotopic (exact) mass is 368 g/mol. The molecule has 3 heterocycles. The first-order chi connectivity index (χ1) is 12.1. The molecular weight excluding hydrogens is 352 g/mol. The Morgan fingerprint density at radius 2 is 1.88 bits per heavy atom. The van der Waals surface area contributed by atoms with Gasteiger partial charge in [0.1, 0.15) is 6.04 Å². The molecule has 0 unspecified atom stereocenters. The molecule has 0 radical (unpaired) electrons. The van der Waals surface area contributed by atoms with Crippen LogP contribution in [0, 0.1) is 6.92 Å². The summed E-state index contributed by atoms with van der Waals surface area (Å²) in [6.45, 7) is 2.05. The van der Waals surface area contributed by atoms with Gasteiger partial charge in [-0.1, -0.05) is 17.7 Å². The maximum Gasteiger partial charge on any atom is 0.174 e. The lowest BCUT2D eigenvalue weighted by Crippen LogP contribution is -2.29. The summed E-state index contributed by atoms with van der Waals surface area (Å²) in [5, 5.41) is 4.81. The van der Waals surface area contributed by atoms with E-state index in [4.69, 9.17) is 23.8 Å². The van der Waals surface area contributed by atoms with Gasteiger partial charge in [0.05, 0.1) is 11.7 Å². The number of halogens is 1. The molecule has 1 aromatic carbocycles. The molecule has 2 aromatic heterocycles. The van der Waals surface area contributed by atoms with Crippen LogP contribution in [0.15, 0.2) is 60.8 Å². The van der Waals surface area contributed by atoms with Crippen LogP contribution in [-0.2, 0) is 0 Å². The number of thiocarbonyl (C=S) groups is 1. The highest BCUT2D eigenvalue weighted by Crippen LogP contribution is 2.41. The molecule has 0 spiro atoms. The zero-order valence-electron chi connectivity index (χ0n) is 13.6. The van der Waals surface area contributed by atoms with Crippen molar-refractivity contribution in [3.63, 3.8) is 0 Å². The van der Waals surface area contributed by atoms with Crippen molar-refractivity contribution in [2.75, 3.05) is 4.90 Å². The molecule has 0 aliphatic carbocycles. The maximum atomic E-state index is 6.05. The molecule has 1 saturated heterocycles. The average molecular weight is 369 g/mol. The minimum atomic E-state index is -0.0394. The molecule has 0 amide bonds. The standard InChI is InChI=1S/C19H17ClN4S/c1-12-5-10-16(22-12)18-17(15-4-2-3-11-21-15)23-19(25)24(18)14-8-6-13(20)7-9-14/h2-11,17-18,22H,1H3,(H,23,25)/t17-,18+/m1/s1. The van der Waals surface area contributed by atoms with Crippen LogP contribution >= 0.6 is 23.8 Å². The van der Waals surface area contributed by atoms with Crippen LogP contribution in [-0.4, -0.2) is 15.1 Å². The summed E-state index contributed by atoms with van der Waals surface area (Å²) in [4.78, 5) is 10.1. The second-order valence-electron chi connectivity index (χ2n) is 6.07. The predicted octanol–water partition coefficient (Wildman–Crippen LogP) is 4.55. The first-order valence-corrected chi connectivity index (χ1v) is 8.84. The Balaban J connectivity index is 1.81. The van der Waals surface area contributed by atoms with Crippen LogP contribution in [0.25, 0.3) is 0 Å². The Bertz CT molecular complexity index is 891. The Kier molecular flexibility index (Phi) is 4.19. The summed E-state index contributed by atoms with van der Waals surface area (Å²) in [6.07, 6.45) is 1.81. The van der Waals surface area contributed by atoms with Crippen LogP contribution < -0.4 is 10.2 Å². The molecule has 3 aromatic rings. The Morgan fingerprint density at radius 1 is 1.08 bits per heavy atom. The minimum absolute atomic E-state index is 0.0164. The largest absolute Gasteiger partial charge is 0.361 e. The van der Waals surface area contributed by atoms with Gasteiger partial charge in [-0.15, -0.1) is 0 Å². The molecule has 0 saturated carbocycles. The van der Waals surface area contributed by atoms with E-state index >= 15 is 0 Å². The topological polar surface area (TPSA) is 44.0 Å². The van der Waals surface area contributed by atoms with Gasteiger partial charge in [0.25, 0.3) is 0 Å². The number of hydrogen-bond donors (Lipinski definition) is 2. The van der Waals surface area contributed by atoms with Crippen LogP contribution in [0.3, 0.4) is 0 Å². The van der Waals surface area contributed by atoms with Crippen molar-refractivity contribution in [3.8, 4) is 0 Å². The van der Waals surface area contributed by atoms with E-state index in [9.17, 15) is 0 Å². The normalized spacial score (nSPS) is 19.9.